The van der Waals surface area contributed by atoms with E-state index < -0.39 is 11.6 Å². The van der Waals surface area contributed by atoms with Crippen LogP contribution in [0.3, 0.4) is 0 Å². The molecule has 1 aliphatic rings. The number of carbonyl (C=O) groups is 3. The molecule has 2 heterocycles. The molecule has 0 saturated carbocycles. The lowest BCUT2D eigenvalue weighted by Gasteiger charge is -2.32. The fourth-order valence-corrected chi connectivity index (χ4v) is 5.05. The standard InChI is InChI=1S/C30H35FN2O3/c1-18(2)20(4)28(34)29(35)26-17-32(5)27-14-19(3)24(16-25(26)27)30(36)33-12-10-22(11-13-33)15-21-6-8-23(31)9-7-21/h6-9,14,16-18,20,22H,10-13,15H2,1-5H3. The Balaban J connectivity index is 1.53. The summed E-state index contributed by atoms with van der Waals surface area (Å²) in [5, 5.41) is 0.645. The maximum atomic E-state index is 13.5. The summed E-state index contributed by atoms with van der Waals surface area (Å²) in [6.45, 7) is 8.88. The number of amides is 1. The van der Waals surface area contributed by atoms with E-state index >= 15 is 0 Å². The zero-order valence-electron chi connectivity index (χ0n) is 21.8. The Morgan fingerprint density at radius 3 is 2.25 bits per heavy atom. The first-order valence-electron chi connectivity index (χ1n) is 12.8. The molecule has 1 atom stereocenters. The molecule has 36 heavy (non-hydrogen) atoms. The van der Waals surface area contributed by atoms with Crippen molar-refractivity contribution in [3.63, 3.8) is 0 Å². The van der Waals surface area contributed by atoms with Gasteiger partial charge in [-0.2, -0.15) is 0 Å². The van der Waals surface area contributed by atoms with Crippen molar-refractivity contribution in [1.82, 2.24) is 9.47 Å². The SMILES string of the molecule is Cc1cc2c(cc1C(=O)N1CCC(Cc3ccc(F)cc3)CC1)c(C(=O)C(=O)C(C)C(C)C)cn2C. The van der Waals surface area contributed by atoms with E-state index in [0.29, 0.717) is 35.5 Å². The largest absolute Gasteiger partial charge is 0.350 e. The van der Waals surface area contributed by atoms with Gasteiger partial charge in [0.15, 0.2) is 0 Å². The minimum absolute atomic E-state index is 0.0428. The molecule has 2 aromatic carbocycles. The van der Waals surface area contributed by atoms with Gasteiger partial charge >= 0.3 is 0 Å². The number of halogens is 1. The number of Topliss-reactive ketones (excluding diaryl/α,β-unsaturated/α-hetero) is 2. The molecule has 0 aliphatic carbocycles. The van der Waals surface area contributed by atoms with Crippen LogP contribution in [0.1, 0.15) is 65.5 Å². The summed E-state index contributed by atoms with van der Waals surface area (Å²) >= 11 is 0. The van der Waals surface area contributed by atoms with Gasteiger partial charge in [-0.15, -0.1) is 0 Å². The molecule has 6 heteroatoms. The molecule has 1 saturated heterocycles. The lowest BCUT2D eigenvalue weighted by molar-refractivity contribution is -0.119. The molecule has 4 rings (SSSR count). The fraction of sp³-hybridized carbons (Fsp3) is 0.433. The van der Waals surface area contributed by atoms with Crippen molar-refractivity contribution in [2.75, 3.05) is 13.1 Å². The van der Waals surface area contributed by atoms with Gasteiger partial charge in [0.25, 0.3) is 5.91 Å². The van der Waals surface area contributed by atoms with Gasteiger partial charge in [-0.3, -0.25) is 14.4 Å². The first-order chi connectivity index (χ1) is 17.1. The summed E-state index contributed by atoms with van der Waals surface area (Å²) in [6, 6.07) is 10.4. The zero-order valence-corrected chi connectivity index (χ0v) is 21.8. The average molecular weight is 491 g/mol. The van der Waals surface area contributed by atoms with Crippen LogP contribution in [0, 0.1) is 30.5 Å². The number of piperidine rings is 1. The van der Waals surface area contributed by atoms with Crippen LogP contribution in [-0.2, 0) is 18.3 Å². The summed E-state index contributed by atoms with van der Waals surface area (Å²) in [7, 11) is 1.85. The topological polar surface area (TPSA) is 59.4 Å². The summed E-state index contributed by atoms with van der Waals surface area (Å²) < 4.78 is 15.0. The minimum atomic E-state index is -0.495. The lowest BCUT2D eigenvalue weighted by Crippen LogP contribution is -2.39. The van der Waals surface area contributed by atoms with Crippen LogP contribution in [-0.4, -0.2) is 40.0 Å². The molecule has 1 aliphatic heterocycles. The number of ketones is 2. The van der Waals surface area contributed by atoms with Crippen LogP contribution >= 0.6 is 0 Å². The molecule has 0 radical (unpaired) electrons. The molecule has 0 N–H and O–H groups in total. The quantitative estimate of drug-likeness (QED) is 0.312. The number of hydrogen-bond acceptors (Lipinski definition) is 3. The molecule has 1 unspecified atom stereocenters. The predicted molar refractivity (Wildman–Crippen MR) is 140 cm³/mol. The van der Waals surface area contributed by atoms with Gasteiger partial charge in [-0.1, -0.05) is 32.9 Å². The summed E-state index contributed by atoms with van der Waals surface area (Å²) in [5.74, 6) is -1.00. The van der Waals surface area contributed by atoms with E-state index in [2.05, 4.69) is 0 Å². The van der Waals surface area contributed by atoms with Crippen LogP contribution in [0.25, 0.3) is 10.9 Å². The van der Waals surface area contributed by atoms with E-state index in [1.54, 1.807) is 19.2 Å². The highest BCUT2D eigenvalue weighted by Crippen LogP contribution is 2.29. The third-order valence-electron chi connectivity index (χ3n) is 7.79. The Hall–Kier alpha value is -3.28. The predicted octanol–water partition coefficient (Wildman–Crippen LogP) is 5.76. The van der Waals surface area contributed by atoms with E-state index in [0.717, 1.165) is 35.9 Å². The Kier molecular flexibility index (Phi) is 7.43. The Labute approximate surface area is 212 Å². The number of aryl methyl sites for hydroxylation is 2. The second-order valence-electron chi connectivity index (χ2n) is 10.6. The number of benzene rings is 2. The number of rotatable bonds is 7. The second kappa shape index (κ2) is 10.4. The van der Waals surface area contributed by atoms with Crippen molar-refractivity contribution in [3.05, 3.63) is 70.7 Å². The van der Waals surface area contributed by atoms with Crippen molar-refractivity contribution in [3.8, 4) is 0 Å². The fourth-order valence-electron chi connectivity index (χ4n) is 5.05. The molecule has 3 aromatic rings. The summed E-state index contributed by atoms with van der Waals surface area (Å²) in [4.78, 5) is 41.3. The van der Waals surface area contributed by atoms with Crippen LogP contribution in [0.5, 0.6) is 0 Å². The third kappa shape index (κ3) is 5.13. The Morgan fingerprint density at radius 1 is 1.00 bits per heavy atom. The van der Waals surface area contributed by atoms with Crippen LogP contribution in [0.4, 0.5) is 4.39 Å². The minimum Gasteiger partial charge on any atom is -0.350 e. The maximum absolute atomic E-state index is 13.5. The first-order valence-corrected chi connectivity index (χ1v) is 12.8. The number of nitrogens with zero attached hydrogens (tertiary/aromatic N) is 2. The normalized spacial score (nSPS) is 15.5. The number of likely N-dealkylation sites (tertiary alicyclic amines) is 1. The molecule has 0 spiro atoms. The van der Waals surface area contributed by atoms with Gasteiger partial charge in [0.1, 0.15) is 5.82 Å². The van der Waals surface area contributed by atoms with Crippen LogP contribution < -0.4 is 0 Å². The molecular weight excluding hydrogens is 455 g/mol. The highest BCUT2D eigenvalue weighted by atomic mass is 19.1. The summed E-state index contributed by atoms with van der Waals surface area (Å²) in [6.07, 6.45) is 4.36. The van der Waals surface area contributed by atoms with E-state index in [9.17, 15) is 18.8 Å². The highest BCUT2D eigenvalue weighted by molar-refractivity contribution is 6.46. The summed E-state index contributed by atoms with van der Waals surface area (Å²) in [5.41, 5.74) is 3.73. The number of aromatic nitrogens is 1. The van der Waals surface area contributed by atoms with Gasteiger partial charge < -0.3 is 9.47 Å². The van der Waals surface area contributed by atoms with Crippen molar-refractivity contribution in [2.24, 2.45) is 24.8 Å². The number of fused-ring (bicyclic) bond motifs is 1. The van der Waals surface area contributed by atoms with E-state index in [1.165, 1.54) is 12.1 Å². The zero-order chi connectivity index (χ0) is 26.1. The van der Waals surface area contributed by atoms with Gasteiger partial charge in [0, 0.05) is 48.7 Å². The van der Waals surface area contributed by atoms with E-state index in [4.69, 9.17) is 0 Å². The highest BCUT2D eigenvalue weighted by Gasteiger charge is 2.29. The van der Waals surface area contributed by atoms with Gasteiger partial charge in [0.2, 0.25) is 11.6 Å². The molecule has 1 amide bonds. The molecule has 5 nitrogen and oxygen atoms in total. The van der Waals surface area contributed by atoms with E-state index in [1.807, 2.05) is 55.5 Å². The average Bonchev–Trinajstić information content (AvgIpc) is 3.18. The number of hydrogen-bond donors (Lipinski definition) is 0. The van der Waals surface area contributed by atoms with Crippen molar-refractivity contribution < 1.29 is 18.8 Å². The molecular formula is C30H35FN2O3. The smallest absolute Gasteiger partial charge is 0.254 e. The first kappa shape index (κ1) is 25.8. The lowest BCUT2D eigenvalue weighted by atomic mass is 9.88. The van der Waals surface area contributed by atoms with Gasteiger partial charge in [-0.25, -0.2) is 4.39 Å². The van der Waals surface area contributed by atoms with Crippen molar-refractivity contribution in [1.29, 1.82) is 0 Å². The van der Waals surface area contributed by atoms with Crippen molar-refractivity contribution >= 4 is 28.4 Å². The Morgan fingerprint density at radius 2 is 1.64 bits per heavy atom. The maximum Gasteiger partial charge on any atom is 0.254 e. The second-order valence-corrected chi connectivity index (χ2v) is 10.6. The van der Waals surface area contributed by atoms with Crippen LogP contribution in [0.2, 0.25) is 0 Å². The number of carbonyl (C=O) groups excluding carboxylic acids is 3. The molecule has 190 valence electrons. The third-order valence-corrected chi connectivity index (χ3v) is 7.79. The molecule has 0 bridgehead atoms. The van der Waals surface area contributed by atoms with E-state index in [-0.39, 0.29) is 23.6 Å². The van der Waals surface area contributed by atoms with Gasteiger partial charge in [0.05, 0.1) is 5.56 Å². The van der Waals surface area contributed by atoms with Gasteiger partial charge in [-0.05, 0) is 73.4 Å². The Bertz CT molecular complexity index is 1300. The molecule has 1 aromatic heterocycles. The monoisotopic (exact) mass is 490 g/mol. The van der Waals surface area contributed by atoms with Crippen LogP contribution in [0.15, 0.2) is 42.6 Å². The molecule has 1 fully saturated rings. The van der Waals surface area contributed by atoms with Crippen molar-refractivity contribution in [2.45, 2.75) is 47.0 Å².